The third-order valence-corrected chi connectivity index (χ3v) is 15.1. The first-order valence-corrected chi connectivity index (χ1v) is 30.5. The SMILES string of the molecule is CCCCCCCC[C@H](NC(=O)C(C)(C)NC(=O)C(C)(C)NC(=O)[C@H](CC1CCCCC1)NC(=O)[C@@H]1CCCN1C(=O)CCC)C(=O)N[C@@H](CC(C)C)C(=O)NC(C)(C)C(=O)N[C@@H](CC(C)C)C(=O)NCCC(=O)N[C@@H](C)CN(C)C. The molecule has 81 heavy (non-hydrogen) atoms. The Morgan fingerprint density at radius 3 is 1.63 bits per heavy atom. The van der Waals surface area contributed by atoms with E-state index >= 15 is 0 Å². The van der Waals surface area contributed by atoms with Crippen LogP contribution >= 0.6 is 0 Å². The summed E-state index contributed by atoms with van der Waals surface area (Å²) in [6, 6.07) is -4.99. The van der Waals surface area contributed by atoms with Gasteiger partial charge in [0.05, 0.1) is 0 Å². The van der Waals surface area contributed by atoms with Gasteiger partial charge in [-0.1, -0.05) is 112 Å². The highest BCUT2D eigenvalue weighted by atomic mass is 16.2. The summed E-state index contributed by atoms with van der Waals surface area (Å²) in [5, 5.41) is 25.5. The topological polar surface area (TPSA) is 285 Å². The minimum Gasteiger partial charge on any atom is -0.354 e. The highest BCUT2D eigenvalue weighted by molar-refractivity contribution is 6.00. The largest absolute Gasteiger partial charge is 0.354 e. The van der Waals surface area contributed by atoms with Crippen LogP contribution in [0.5, 0.6) is 0 Å². The molecule has 10 amide bonds. The zero-order chi connectivity index (χ0) is 61.3. The van der Waals surface area contributed by atoms with Crippen LogP contribution in [0.4, 0.5) is 0 Å². The second-order valence-electron chi connectivity index (χ2n) is 25.8. The number of hydrogen-bond acceptors (Lipinski definition) is 11. The lowest BCUT2D eigenvalue weighted by Gasteiger charge is -2.35. The summed E-state index contributed by atoms with van der Waals surface area (Å²) in [4.78, 5) is 142. The van der Waals surface area contributed by atoms with E-state index in [0.717, 1.165) is 64.2 Å². The van der Waals surface area contributed by atoms with Crippen molar-refractivity contribution in [1.29, 1.82) is 0 Å². The van der Waals surface area contributed by atoms with E-state index in [1.807, 2.05) is 60.5 Å². The average Bonchev–Trinajstić information content (AvgIpc) is 3.87. The lowest BCUT2D eigenvalue weighted by molar-refractivity contribution is -0.141. The van der Waals surface area contributed by atoms with Gasteiger partial charge in [0.1, 0.15) is 46.8 Å². The maximum absolute atomic E-state index is 14.4. The van der Waals surface area contributed by atoms with E-state index in [1.54, 1.807) is 4.90 Å². The van der Waals surface area contributed by atoms with Crippen molar-refractivity contribution in [2.75, 3.05) is 33.7 Å². The van der Waals surface area contributed by atoms with Crippen molar-refractivity contribution in [2.24, 2.45) is 17.8 Å². The van der Waals surface area contributed by atoms with E-state index in [0.29, 0.717) is 51.6 Å². The number of nitrogens with zero attached hydrogens (tertiary/aromatic N) is 2. The molecule has 1 saturated carbocycles. The first kappa shape index (κ1) is 71.8. The lowest BCUT2D eigenvalue weighted by atomic mass is 9.84. The van der Waals surface area contributed by atoms with Gasteiger partial charge >= 0.3 is 0 Å². The first-order valence-electron chi connectivity index (χ1n) is 30.5. The predicted octanol–water partition coefficient (Wildman–Crippen LogP) is 4.79. The van der Waals surface area contributed by atoms with Crippen LogP contribution in [-0.4, -0.2) is 155 Å². The summed E-state index contributed by atoms with van der Waals surface area (Å²) in [6.07, 6.45) is 13.6. The third-order valence-electron chi connectivity index (χ3n) is 15.1. The highest BCUT2D eigenvalue weighted by Gasteiger charge is 2.42. The summed E-state index contributed by atoms with van der Waals surface area (Å²) in [7, 11) is 3.81. The van der Waals surface area contributed by atoms with Gasteiger partial charge in [-0.15, -0.1) is 0 Å². The minimum atomic E-state index is -1.62. The van der Waals surface area contributed by atoms with Crippen LogP contribution in [0, 0.1) is 17.8 Å². The Labute approximate surface area is 485 Å². The molecule has 2 aliphatic rings. The van der Waals surface area contributed by atoms with E-state index in [-0.39, 0.29) is 67.8 Å². The van der Waals surface area contributed by atoms with E-state index in [1.165, 1.54) is 41.5 Å². The number of carbonyl (C=O) groups excluding carboxylic acids is 10. The second-order valence-corrected chi connectivity index (χ2v) is 25.8. The van der Waals surface area contributed by atoms with E-state index < -0.39 is 94.1 Å². The Kier molecular flexibility index (Phi) is 31.0. The summed E-state index contributed by atoms with van der Waals surface area (Å²) < 4.78 is 0. The Bertz CT molecular complexity index is 2070. The molecule has 0 aromatic carbocycles. The molecule has 1 heterocycles. The fourth-order valence-electron chi connectivity index (χ4n) is 10.5. The van der Waals surface area contributed by atoms with Crippen LogP contribution in [0.1, 0.15) is 218 Å². The Balaban J connectivity index is 2.27. The van der Waals surface area contributed by atoms with Gasteiger partial charge in [-0.2, -0.15) is 0 Å². The van der Waals surface area contributed by atoms with Crippen LogP contribution in [0.25, 0.3) is 0 Å². The van der Waals surface area contributed by atoms with Crippen LogP contribution in [0.2, 0.25) is 0 Å². The summed E-state index contributed by atoms with van der Waals surface area (Å²) in [5.41, 5.74) is -4.77. The summed E-state index contributed by atoms with van der Waals surface area (Å²) in [6.45, 7) is 23.7. The number of likely N-dealkylation sites (tertiary alicyclic amines) is 1. The van der Waals surface area contributed by atoms with Crippen molar-refractivity contribution >= 4 is 59.1 Å². The summed E-state index contributed by atoms with van der Waals surface area (Å²) >= 11 is 0. The zero-order valence-corrected chi connectivity index (χ0v) is 52.4. The Morgan fingerprint density at radius 1 is 0.531 bits per heavy atom. The average molecular weight is 1140 g/mol. The van der Waals surface area contributed by atoms with Gasteiger partial charge in [-0.25, -0.2) is 0 Å². The van der Waals surface area contributed by atoms with E-state index in [4.69, 9.17) is 0 Å². The van der Waals surface area contributed by atoms with Crippen molar-refractivity contribution in [3.63, 3.8) is 0 Å². The molecule has 9 N–H and O–H groups in total. The highest BCUT2D eigenvalue weighted by Crippen LogP contribution is 2.28. The molecule has 0 radical (unpaired) electrons. The maximum Gasteiger partial charge on any atom is 0.246 e. The second kappa shape index (κ2) is 34.9. The lowest BCUT2D eigenvalue weighted by Crippen LogP contribution is -2.66. The molecule has 1 aliphatic carbocycles. The fraction of sp³-hybridized carbons (Fsp3) is 0.833. The van der Waals surface area contributed by atoms with Gasteiger partial charge in [0.15, 0.2) is 0 Å². The molecule has 0 aromatic heterocycles. The van der Waals surface area contributed by atoms with Gasteiger partial charge in [0.25, 0.3) is 0 Å². The number of nitrogens with one attached hydrogen (secondary N) is 9. The molecule has 0 aromatic rings. The number of unbranched alkanes of at least 4 members (excludes halogenated alkanes) is 5. The molecule has 0 spiro atoms. The van der Waals surface area contributed by atoms with Crippen LogP contribution in [0.3, 0.4) is 0 Å². The molecule has 6 atom stereocenters. The quantitative estimate of drug-likeness (QED) is 0.0385. The van der Waals surface area contributed by atoms with Crippen molar-refractivity contribution in [3.05, 3.63) is 0 Å². The predicted molar refractivity (Wildman–Crippen MR) is 316 cm³/mol. The Hall–Kier alpha value is -5.34. The smallest absolute Gasteiger partial charge is 0.246 e. The van der Waals surface area contributed by atoms with E-state index in [2.05, 4.69) is 54.8 Å². The molecule has 0 unspecified atom stereocenters. The molecule has 464 valence electrons. The molecule has 2 rings (SSSR count). The monoisotopic (exact) mass is 1140 g/mol. The summed E-state index contributed by atoms with van der Waals surface area (Å²) in [5.74, 6) is -4.96. The van der Waals surface area contributed by atoms with Gasteiger partial charge in [-0.05, 0) is 125 Å². The Morgan fingerprint density at radius 2 is 1.06 bits per heavy atom. The van der Waals surface area contributed by atoms with Crippen LogP contribution < -0.4 is 47.9 Å². The van der Waals surface area contributed by atoms with E-state index in [9.17, 15) is 47.9 Å². The number of rotatable bonds is 36. The molecule has 21 nitrogen and oxygen atoms in total. The third kappa shape index (κ3) is 26.2. The maximum atomic E-state index is 14.4. The van der Waals surface area contributed by atoms with Crippen LogP contribution in [0.15, 0.2) is 0 Å². The van der Waals surface area contributed by atoms with Crippen molar-refractivity contribution < 1.29 is 47.9 Å². The van der Waals surface area contributed by atoms with Gasteiger partial charge in [0.2, 0.25) is 59.1 Å². The molecule has 1 aliphatic heterocycles. The standard InChI is InChI=1S/C60H109N11O10/c1-16-18-19-20-21-25-30-43(51(75)63-45(36-40(5)6)52(76)67-58(8,9)55(79)66-44(35-39(3)4)50(74)61-33-32-48(72)62-41(7)38-70(14)15)65-56(80)59(10,11)69-57(81)60(12,13)68-53(77)46(37-42-28-23-22-24-29-42)64-54(78)47-31-26-34-71(47)49(73)27-17-2/h39-47H,16-38H2,1-15H3,(H,61,74)(H,62,72)(H,63,75)(H,64,78)(H,65,80)(H,66,79)(H,67,76)(H,68,77)(H,69,81)/t41-,43-,44-,45-,46-,47-/m0/s1. The molecule has 1 saturated heterocycles. The number of amides is 10. The normalized spacial score (nSPS) is 17.1. The van der Waals surface area contributed by atoms with Crippen molar-refractivity contribution in [2.45, 2.75) is 271 Å². The van der Waals surface area contributed by atoms with Crippen LogP contribution in [-0.2, 0) is 47.9 Å². The molecule has 21 heteroatoms. The molecular formula is C60H109N11O10. The number of carbonyl (C=O) groups is 10. The zero-order valence-electron chi connectivity index (χ0n) is 52.4. The molecule has 0 bridgehead atoms. The van der Waals surface area contributed by atoms with Crippen molar-refractivity contribution in [1.82, 2.24) is 57.7 Å². The van der Waals surface area contributed by atoms with Crippen molar-refractivity contribution in [3.8, 4) is 0 Å². The molecule has 2 fully saturated rings. The fourth-order valence-corrected chi connectivity index (χ4v) is 10.5. The van der Waals surface area contributed by atoms with Gasteiger partial charge in [0, 0.05) is 38.5 Å². The molecular weight excluding hydrogens is 1030 g/mol. The first-order chi connectivity index (χ1) is 37.8. The van der Waals surface area contributed by atoms with Gasteiger partial charge in [-0.3, -0.25) is 47.9 Å². The van der Waals surface area contributed by atoms with Gasteiger partial charge < -0.3 is 57.7 Å². The number of hydrogen-bond donors (Lipinski definition) is 9. The number of likely N-dealkylation sites (N-methyl/N-ethyl adjacent to an activating group) is 1. The minimum absolute atomic E-state index is 0.000395.